The predicted molar refractivity (Wildman–Crippen MR) is 123 cm³/mol. The minimum absolute atomic E-state index is 0.138. The van der Waals surface area contributed by atoms with Crippen LogP contribution in [0.3, 0.4) is 0 Å². The number of aryl methyl sites for hydroxylation is 1. The number of nitrogens with two attached hydrogens (primary N) is 1. The van der Waals surface area contributed by atoms with Gasteiger partial charge in [0.25, 0.3) is 5.91 Å². The van der Waals surface area contributed by atoms with Crippen molar-refractivity contribution in [1.29, 1.82) is 0 Å². The highest BCUT2D eigenvalue weighted by Gasteiger charge is 2.32. The first-order valence-corrected chi connectivity index (χ1v) is 10.1. The van der Waals surface area contributed by atoms with Crippen LogP contribution in [0, 0.1) is 6.92 Å². The molecule has 1 aromatic carbocycles. The molecular formula is C25H26N4O2. The zero-order valence-electron chi connectivity index (χ0n) is 17.8. The highest BCUT2D eigenvalue weighted by Crippen LogP contribution is 2.25. The summed E-state index contributed by atoms with van der Waals surface area (Å²) in [5.41, 5.74) is 10.3. The summed E-state index contributed by atoms with van der Waals surface area (Å²) < 4.78 is 0. The number of pyridine rings is 1. The van der Waals surface area contributed by atoms with Crippen molar-refractivity contribution in [1.82, 2.24) is 9.88 Å². The molecule has 1 amide bonds. The van der Waals surface area contributed by atoms with Gasteiger partial charge in [-0.05, 0) is 31.6 Å². The molecule has 0 unspecified atom stereocenters. The van der Waals surface area contributed by atoms with Crippen LogP contribution in [0.4, 0.5) is 0 Å². The minimum Gasteiger partial charge on any atom is -0.302 e. The van der Waals surface area contributed by atoms with E-state index in [0.717, 1.165) is 11.1 Å². The van der Waals surface area contributed by atoms with Gasteiger partial charge in [0.1, 0.15) is 0 Å². The lowest BCUT2D eigenvalue weighted by Crippen LogP contribution is -2.43. The molecule has 1 atom stereocenters. The zero-order chi connectivity index (χ0) is 22.4. The largest absolute Gasteiger partial charge is 0.302 e. The molecule has 31 heavy (non-hydrogen) atoms. The van der Waals surface area contributed by atoms with E-state index >= 15 is 0 Å². The van der Waals surface area contributed by atoms with Crippen LogP contribution in [0.5, 0.6) is 0 Å². The van der Waals surface area contributed by atoms with Gasteiger partial charge in [-0.25, -0.2) is 0 Å². The number of ketones is 1. The summed E-state index contributed by atoms with van der Waals surface area (Å²) >= 11 is 0. The van der Waals surface area contributed by atoms with Crippen molar-refractivity contribution in [3.8, 4) is 0 Å². The van der Waals surface area contributed by atoms with Crippen LogP contribution < -0.4 is 5.73 Å². The Balaban J connectivity index is 2.11. The van der Waals surface area contributed by atoms with Gasteiger partial charge in [0.2, 0.25) is 0 Å². The maximum atomic E-state index is 13.2. The SMILES string of the molecule is C=C/C=C\C1=C(CC)C(c2ccccn2)=N[C@@H](N)C(=O)N1CC(=O)c1ccc(C)cc1. The molecule has 6 heteroatoms. The lowest BCUT2D eigenvalue weighted by Gasteiger charge is -2.25. The first kappa shape index (κ1) is 22.1. The van der Waals surface area contributed by atoms with Gasteiger partial charge in [0.05, 0.1) is 18.0 Å². The molecule has 2 N–H and O–H groups in total. The number of amides is 1. The van der Waals surface area contributed by atoms with Crippen molar-refractivity contribution in [2.24, 2.45) is 10.7 Å². The van der Waals surface area contributed by atoms with Crippen LogP contribution in [0.2, 0.25) is 0 Å². The molecule has 0 radical (unpaired) electrons. The Hall–Kier alpha value is -3.64. The number of benzene rings is 1. The van der Waals surface area contributed by atoms with Crippen LogP contribution in [-0.4, -0.2) is 40.0 Å². The van der Waals surface area contributed by atoms with Crippen molar-refractivity contribution < 1.29 is 9.59 Å². The fourth-order valence-electron chi connectivity index (χ4n) is 3.39. The average molecular weight is 415 g/mol. The summed E-state index contributed by atoms with van der Waals surface area (Å²) in [5, 5.41) is 0. The van der Waals surface area contributed by atoms with E-state index in [4.69, 9.17) is 5.73 Å². The third-order valence-electron chi connectivity index (χ3n) is 5.00. The minimum atomic E-state index is -1.14. The van der Waals surface area contributed by atoms with Gasteiger partial charge >= 0.3 is 0 Å². The summed E-state index contributed by atoms with van der Waals surface area (Å²) in [6.45, 7) is 7.51. The molecule has 0 spiro atoms. The second-order valence-corrected chi connectivity index (χ2v) is 7.16. The molecular weight excluding hydrogens is 388 g/mol. The van der Waals surface area contributed by atoms with E-state index in [1.165, 1.54) is 4.90 Å². The number of aliphatic imine (C=N–C) groups is 1. The number of hydrogen-bond donors (Lipinski definition) is 1. The van der Waals surface area contributed by atoms with E-state index in [1.54, 1.807) is 36.6 Å². The topological polar surface area (TPSA) is 88.7 Å². The zero-order valence-corrected chi connectivity index (χ0v) is 17.8. The third-order valence-corrected chi connectivity index (χ3v) is 5.00. The van der Waals surface area contributed by atoms with Crippen LogP contribution in [0.15, 0.2) is 89.7 Å². The highest BCUT2D eigenvalue weighted by atomic mass is 16.2. The Labute approximate surface area is 182 Å². The van der Waals surface area contributed by atoms with Crippen LogP contribution in [-0.2, 0) is 4.79 Å². The normalized spacial score (nSPS) is 17.0. The Bertz CT molecular complexity index is 1070. The van der Waals surface area contributed by atoms with E-state index in [0.29, 0.717) is 29.1 Å². The van der Waals surface area contributed by atoms with Gasteiger partial charge in [0.15, 0.2) is 11.9 Å². The molecule has 6 nitrogen and oxygen atoms in total. The number of aromatic nitrogens is 1. The van der Waals surface area contributed by atoms with Gasteiger partial charge in [-0.2, -0.15) is 0 Å². The average Bonchev–Trinajstić information content (AvgIpc) is 2.88. The van der Waals surface area contributed by atoms with Gasteiger partial charge in [-0.15, -0.1) is 0 Å². The standard InChI is InChI=1S/C25H26N4O2/c1-4-6-10-21-19(5-2)23(20-9-7-8-15-27-20)28-24(26)25(31)29(21)16-22(30)18-13-11-17(3)12-14-18/h4,6-15,24H,1,5,16,26H2,2-3H3/b10-6-/t24-/m1/s1. The van der Waals surface area contributed by atoms with Crippen molar-refractivity contribution in [2.75, 3.05) is 6.54 Å². The molecule has 0 bridgehead atoms. The molecule has 0 aliphatic carbocycles. The first-order chi connectivity index (χ1) is 15.0. The smallest absolute Gasteiger partial charge is 0.266 e. The molecule has 0 saturated heterocycles. The summed E-state index contributed by atoms with van der Waals surface area (Å²) in [5.74, 6) is -0.622. The van der Waals surface area contributed by atoms with E-state index in [9.17, 15) is 9.59 Å². The van der Waals surface area contributed by atoms with E-state index in [-0.39, 0.29) is 12.3 Å². The quantitative estimate of drug-likeness (QED) is 0.554. The number of carbonyl (C=O) groups is 2. The number of hydrogen-bond acceptors (Lipinski definition) is 5. The van der Waals surface area contributed by atoms with Crippen LogP contribution in [0.25, 0.3) is 0 Å². The molecule has 1 aliphatic rings. The summed E-state index contributed by atoms with van der Waals surface area (Å²) in [6, 6.07) is 12.8. The summed E-state index contributed by atoms with van der Waals surface area (Å²) in [6.07, 6.45) is 6.21. The van der Waals surface area contributed by atoms with Gasteiger partial charge in [-0.3, -0.25) is 19.6 Å². The lowest BCUT2D eigenvalue weighted by molar-refractivity contribution is -0.129. The van der Waals surface area contributed by atoms with E-state index < -0.39 is 12.1 Å². The Morgan fingerprint density at radius 2 is 1.97 bits per heavy atom. The molecule has 0 fully saturated rings. The van der Waals surface area contributed by atoms with Gasteiger partial charge < -0.3 is 10.6 Å². The highest BCUT2D eigenvalue weighted by molar-refractivity contribution is 6.14. The Morgan fingerprint density at radius 1 is 1.23 bits per heavy atom. The van der Waals surface area contributed by atoms with E-state index in [2.05, 4.69) is 16.6 Å². The van der Waals surface area contributed by atoms with Crippen molar-refractivity contribution in [3.05, 3.63) is 102 Å². The van der Waals surface area contributed by atoms with Gasteiger partial charge in [0, 0.05) is 23.0 Å². The number of nitrogens with zero attached hydrogens (tertiary/aromatic N) is 3. The predicted octanol–water partition coefficient (Wildman–Crippen LogP) is 3.60. The molecule has 3 rings (SSSR count). The molecule has 2 heterocycles. The first-order valence-electron chi connectivity index (χ1n) is 10.1. The Morgan fingerprint density at radius 3 is 2.58 bits per heavy atom. The molecule has 1 aromatic heterocycles. The molecule has 0 saturated carbocycles. The molecule has 1 aliphatic heterocycles. The fourth-order valence-corrected chi connectivity index (χ4v) is 3.39. The monoisotopic (exact) mass is 414 g/mol. The van der Waals surface area contributed by atoms with Crippen LogP contribution >= 0.6 is 0 Å². The summed E-state index contributed by atoms with van der Waals surface area (Å²) in [7, 11) is 0. The number of carbonyl (C=O) groups excluding carboxylic acids is 2. The molecule has 158 valence electrons. The maximum absolute atomic E-state index is 13.2. The van der Waals surface area contributed by atoms with Gasteiger partial charge in [-0.1, -0.05) is 61.5 Å². The van der Waals surface area contributed by atoms with Crippen LogP contribution in [0.1, 0.15) is 35.0 Å². The van der Waals surface area contributed by atoms with Crippen molar-refractivity contribution in [2.45, 2.75) is 26.4 Å². The van der Waals surface area contributed by atoms with Crippen molar-refractivity contribution in [3.63, 3.8) is 0 Å². The third kappa shape index (κ3) is 4.92. The second-order valence-electron chi connectivity index (χ2n) is 7.16. The summed E-state index contributed by atoms with van der Waals surface area (Å²) in [4.78, 5) is 36.5. The van der Waals surface area contributed by atoms with E-state index in [1.807, 2.05) is 44.2 Å². The number of allylic oxidation sites excluding steroid dienone is 4. The fraction of sp³-hybridized carbons (Fsp3) is 0.200. The Kier molecular flexibility index (Phi) is 7.05. The number of Topliss-reactive ketones (excluding diaryl/α,β-unsaturated/α-hetero) is 1. The number of rotatable bonds is 7. The lowest BCUT2D eigenvalue weighted by atomic mass is 10.0. The second kappa shape index (κ2) is 9.91. The molecule has 2 aromatic rings. The maximum Gasteiger partial charge on any atom is 0.266 e. The van der Waals surface area contributed by atoms with Crippen molar-refractivity contribution >= 4 is 17.4 Å².